The molecule has 3 fully saturated rings. The van der Waals surface area contributed by atoms with Gasteiger partial charge in [0.15, 0.2) is 0 Å². The van der Waals surface area contributed by atoms with Crippen molar-refractivity contribution in [3.8, 4) is 5.75 Å². The lowest BCUT2D eigenvalue weighted by atomic mass is 9.77. The summed E-state index contributed by atoms with van der Waals surface area (Å²) >= 11 is 0. The van der Waals surface area contributed by atoms with Crippen LogP contribution in [-0.4, -0.2) is 41.2 Å². The van der Waals surface area contributed by atoms with E-state index in [1.54, 1.807) is 0 Å². The number of carboxylic acid groups (broad SMARTS) is 1. The van der Waals surface area contributed by atoms with Crippen molar-refractivity contribution < 1.29 is 14.6 Å². The number of nitrogens with two attached hydrogens (primary N) is 1. The maximum atomic E-state index is 10.9. The number of fused-ring (bicyclic) bond motifs is 3. The predicted molar refractivity (Wildman–Crippen MR) is 79.1 cm³/mol. The van der Waals surface area contributed by atoms with Crippen LogP contribution in [0.5, 0.6) is 5.75 Å². The number of rotatable bonds is 5. The van der Waals surface area contributed by atoms with Crippen molar-refractivity contribution in [3.63, 3.8) is 0 Å². The molecule has 0 radical (unpaired) electrons. The highest BCUT2D eigenvalue weighted by molar-refractivity contribution is 5.69. The number of piperidine rings is 2. The quantitative estimate of drug-likeness (QED) is 0.858. The predicted octanol–water partition coefficient (Wildman–Crippen LogP) is 1.46. The van der Waals surface area contributed by atoms with Crippen molar-refractivity contribution in [2.45, 2.75) is 38.0 Å². The first-order valence-electron chi connectivity index (χ1n) is 7.57. The van der Waals surface area contributed by atoms with E-state index >= 15 is 0 Å². The Morgan fingerprint density at radius 1 is 1.33 bits per heavy atom. The average molecular weight is 290 g/mol. The zero-order valence-corrected chi connectivity index (χ0v) is 12.1. The molecule has 3 atom stereocenters. The van der Waals surface area contributed by atoms with E-state index in [1.165, 1.54) is 0 Å². The van der Waals surface area contributed by atoms with E-state index in [2.05, 4.69) is 4.90 Å². The van der Waals surface area contributed by atoms with Gasteiger partial charge < -0.3 is 15.6 Å². The minimum Gasteiger partial charge on any atom is -0.490 e. The van der Waals surface area contributed by atoms with Gasteiger partial charge in [-0.3, -0.25) is 9.69 Å². The molecule has 2 bridgehead atoms. The highest BCUT2D eigenvalue weighted by Gasteiger charge is 2.42. The average Bonchev–Trinajstić information content (AvgIpc) is 2.49. The number of benzene rings is 1. The van der Waals surface area contributed by atoms with Crippen LogP contribution in [0.15, 0.2) is 24.3 Å². The maximum Gasteiger partial charge on any atom is 0.317 e. The number of hydrogen-bond donors (Lipinski definition) is 2. The number of ether oxygens (including phenoxy) is 1. The molecule has 0 spiro atoms. The molecule has 1 aromatic carbocycles. The molecule has 2 saturated heterocycles. The van der Waals surface area contributed by atoms with Crippen LogP contribution in [0.1, 0.15) is 24.8 Å². The molecule has 1 aliphatic carbocycles. The number of aliphatic carboxylic acids is 1. The Kier molecular flexibility index (Phi) is 4.12. The Hall–Kier alpha value is -1.59. The van der Waals surface area contributed by atoms with Gasteiger partial charge in [0.25, 0.3) is 0 Å². The molecule has 114 valence electrons. The molecular weight excluding hydrogens is 268 g/mol. The van der Waals surface area contributed by atoms with Crippen LogP contribution in [0, 0.1) is 5.92 Å². The van der Waals surface area contributed by atoms with E-state index in [0.717, 1.165) is 37.1 Å². The second kappa shape index (κ2) is 6.03. The van der Waals surface area contributed by atoms with Gasteiger partial charge in [-0.2, -0.15) is 0 Å². The third-order valence-corrected chi connectivity index (χ3v) is 4.67. The number of carboxylic acids is 1. The van der Waals surface area contributed by atoms with Crippen molar-refractivity contribution in [2.75, 3.05) is 13.1 Å². The molecule has 4 rings (SSSR count). The van der Waals surface area contributed by atoms with Crippen molar-refractivity contribution in [2.24, 2.45) is 11.7 Å². The summed E-state index contributed by atoms with van der Waals surface area (Å²) in [5.74, 6) is 0.579. The normalized spacial score (nSPS) is 28.5. The van der Waals surface area contributed by atoms with Gasteiger partial charge in [0, 0.05) is 31.5 Å². The van der Waals surface area contributed by atoms with E-state index in [1.807, 2.05) is 24.3 Å². The first-order chi connectivity index (χ1) is 10.2. The Bertz CT molecular complexity index is 503. The van der Waals surface area contributed by atoms with Crippen LogP contribution in [0.3, 0.4) is 0 Å². The fourth-order valence-electron chi connectivity index (χ4n) is 3.55. The van der Waals surface area contributed by atoms with Gasteiger partial charge in [-0.1, -0.05) is 12.1 Å². The molecule has 5 nitrogen and oxygen atoms in total. The minimum absolute atomic E-state index is 0.152. The van der Waals surface area contributed by atoms with Gasteiger partial charge in [-0.15, -0.1) is 0 Å². The third-order valence-electron chi connectivity index (χ3n) is 4.67. The summed E-state index contributed by atoms with van der Waals surface area (Å²) in [7, 11) is 0. The summed E-state index contributed by atoms with van der Waals surface area (Å²) in [6, 6.07) is 8.28. The molecular formula is C16H22N2O3. The fraction of sp³-hybridized carbons (Fsp3) is 0.562. The summed E-state index contributed by atoms with van der Waals surface area (Å²) < 4.78 is 6.13. The topological polar surface area (TPSA) is 75.8 Å². The van der Waals surface area contributed by atoms with Gasteiger partial charge in [0.05, 0.1) is 6.54 Å². The van der Waals surface area contributed by atoms with Crippen LogP contribution < -0.4 is 10.5 Å². The molecule has 2 aliphatic heterocycles. The first kappa shape index (κ1) is 14.4. The molecule has 0 aromatic heterocycles. The smallest absolute Gasteiger partial charge is 0.317 e. The van der Waals surface area contributed by atoms with Gasteiger partial charge in [-0.25, -0.2) is 0 Å². The van der Waals surface area contributed by atoms with E-state index in [-0.39, 0.29) is 12.6 Å². The second-order valence-corrected chi connectivity index (χ2v) is 6.05. The number of nitrogens with zero attached hydrogens (tertiary/aromatic N) is 1. The van der Waals surface area contributed by atoms with E-state index in [4.69, 9.17) is 15.6 Å². The lowest BCUT2D eigenvalue weighted by Gasteiger charge is -2.48. The van der Waals surface area contributed by atoms with Crippen LogP contribution in [0.25, 0.3) is 0 Å². The Morgan fingerprint density at radius 2 is 2.10 bits per heavy atom. The molecule has 0 amide bonds. The van der Waals surface area contributed by atoms with Crippen molar-refractivity contribution in [3.05, 3.63) is 29.8 Å². The lowest BCUT2D eigenvalue weighted by molar-refractivity contribution is -0.141. The summed E-state index contributed by atoms with van der Waals surface area (Å²) in [4.78, 5) is 13.0. The molecule has 3 N–H and O–H groups in total. The number of carbonyl (C=O) groups is 1. The van der Waals surface area contributed by atoms with Crippen LogP contribution in [0.2, 0.25) is 0 Å². The fourth-order valence-corrected chi connectivity index (χ4v) is 3.55. The molecule has 1 saturated carbocycles. The van der Waals surface area contributed by atoms with Gasteiger partial charge in [0.1, 0.15) is 11.9 Å². The van der Waals surface area contributed by atoms with Crippen molar-refractivity contribution in [1.29, 1.82) is 0 Å². The Balaban J connectivity index is 1.62. The van der Waals surface area contributed by atoms with Gasteiger partial charge >= 0.3 is 5.97 Å². The van der Waals surface area contributed by atoms with Gasteiger partial charge in [-0.05, 0) is 30.5 Å². The molecule has 3 aliphatic rings. The Morgan fingerprint density at radius 3 is 2.67 bits per heavy atom. The summed E-state index contributed by atoms with van der Waals surface area (Å²) in [5, 5.41) is 8.96. The Labute approximate surface area is 124 Å². The van der Waals surface area contributed by atoms with Crippen molar-refractivity contribution in [1.82, 2.24) is 4.90 Å². The van der Waals surface area contributed by atoms with Crippen LogP contribution >= 0.6 is 0 Å². The van der Waals surface area contributed by atoms with Crippen LogP contribution in [0.4, 0.5) is 0 Å². The lowest BCUT2D eigenvalue weighted by Crippen LogP contribution is -2.56. The number of hydrogen-bond acceptors (Lipinski definition) is 4. The summed E-state index contributed by atoms with van der Waals surface area (Å²) in [5.41, 5.74) is 6.69. The molecule has 5 heteroatoms. The SMILES string of the molecule is NCc1ccc(OC2CC3CCC2CN3CC(=O)O)cc1. The minimum atomic E-state index is -0.739. The summed E-state index contributed by atoms with van der Waals surface area (Å²) in [6.07, 6.45) is 3.35. The highest BCUT2D eigenvalue weighted by Crippen LogP contribution is 2.37. The highest BCUT2D eigenvalue weighted by atomic mass is 16.5. The summed E-state index contributed by atoms with van der Waals surface area (Å²) in [6.45, 7) is 1.53. The molecule has 1 aromatic rings. The maximum absolute atomic E-state index is 10.9. The molecule has 3 unspecified atom stereocenters. The zero-order chi connectivity index (χ0) is 14.8. The molecule has 2 heterocycles. The molecule has 21 heavy (non-hydrogen) atoms. The second-order valence-electron chi connectivity index (χ2n) is 6.05. The standard InChI is InChI=1S/C16H22N2O3/c17-8-11-1-5-14(6-2-11)21-15-7-13-4-3-12(15)9-18(13)10-16(19)20/h1-2,5-6,12-13,15H,3-4,7-10,17H2,(H,19,20). The largest absolute Gasteiger partial charge is 0.490 e. The van der Waals surface area contributed by atoms with E-state index in [0.29, 0.717) is 18.5 Å². The van der Waals surface area contributed by atoms with Crippen LogP contribution in [-0.2, 0) is 11.3 Å². The van der Waals surface area contributed by atoms with E-state index < -0.39 is 5.97 Å². The van der Waals surface area contributed by atoms with Gasteiger partial charge in [0.2, 0.25) is 0 Å². The monoisotopic (exact) mass is 290 g/mol. The van der Waals surface area contributed by atoms with Crippen molar-refractivity contribution >= 4 is 5.97 Å². The first-order valence-corrected chi connectivity index (χ1v) is 7.57. The third kappa shape index (κ3) is 3.19. The van der Waals surface area contributed by atoms with E-state index in [9.17, 15) is 4.79 Å². The zero-order valence-electron chi connectivity index (χ0n) is 12.1.